The van der Waals surface area contributed by atoms with Crippen molar-refractivity contribution in [2.24, 2.45) is 0 Å². The zero-order valence-corrected chi connectivity index (χ0v) is 12.8. The first-order chi connectivity index (χ1) is 10.7. The second-order valence-corrected chi connectivity index (χ2v) is 5.02. The number of hydrogen-bond acceptors (Lipinski definition) is 4. The summed E-state index contributed by atoms with van der Waals surface area (Å²) in [4.78, 5) is 12.5. The summed E-state index contributed by atoms with van der Waals surface area (Å²) in [7, 11) is 2.97. The van der Waals surface area contributed by atoms with Crippen molar-refractivity contribution in [1.82, 2.24) is 0 Å². The van der Waals surface area contributed by atoms with Gasteiger partial charge in [-0.05, 0) is 0 Å². The SMILES string of the molecule is COc1cc(OC)c2c(=O)cc(-c3ccccc3)oc2c1Cl. The zero-order valence-electron chi connectivity index (χ0n) is 12.1. The molecule has 0 saturated heterocycles. The van der Waals surface area contributed by atoms with E-state index in [1.54, 1.807) is 6.07 Å². The standard InChI is InChI=1S/C17H13ClO4/c1-20-13-9-14(21-2)16(18)17-15(13)11(19)8-12(22-17)10-6-4-3-5-7-10/h3-9H,1-2H3. The van der Waals surface area contributed by atoms with Crippen molar-refractivity contribution in [3.63, 3.8) is 0 Å². The zero-order chi connectivity index (χ0) is 15.7. The van der Waals surface area contributed by atoms with Crippen LogP contribution in [0.3, 0.4) is 0 Å². The van der Waals surface area contributed by atoms with Gasteiger partial charge in [0, 0.05) is 17.7 Å². The van der Waals surface area contributed by atoms with Gasteiger partial charge in [0.05, 0.1) is 14.2 Å². The lowest BCUT2D eigenvalue weighted by Gasteiger charge is -2.11. The van der Waals surface area contributed by atoms with E-state index in [2.05, 4.69) is 0 Å². The van der Waals surface area contributed by atoms with E-state index < -0.39 is 0 Å². The van der Waals surface area contributed by atoms with E-state index in [1.165, 1.54) is 20.3 Å². The van der Waals surface area contributed by atoms with Crippen LogP contribution in [-0.2, 0) is 0 Å². The lowest BCUT2D eigenvalue weighted by Crippen LogP contribution is -2.04. The Morgan fingerprint density at radius 2 is 1.68 bits per heavy atom. The first kappa shape index (κ1) is 14.5. The number of hydrogen-bond donors (Lipinski definition) is 0. The third kappa shape index (κ3) is 2.31. The summed E-state index contributed by atoms with van der Waals surface area (Å²) < 4.78 is 16.3. The Balaban J connectivity index is 2.38. The summed E-state index contributed by atoms with van der Waals surface area (Å²) in [5.74, 6) is 1.19. The van der Waals surface area contributed by atoms with Gasteiger partial charge >= 0.3 is 0 Å². The lowest BCUT2D eigenvalue weighted by atomic mass is 10.1. The molecule has 112 valence electrons. The summed E-state index contributed by atoms with van der Waals surface area (Å²) in [5.41, 5.74) is 0.824. The van der Waals surface area contributed by atoms with E-state index in [1.807, 2.05) is 30.3 Å². The number of rotatable bonds is 3. The van der Waals surface area contributed by atoms with E-state index in [0.29, 0.717) is 22.6 Å². The molecule has 4 nitrogen and oxygen atoms in total. The Morgan fingerprint density at radius 3 is 2.32 bits per heavy atom. The van der Waals surface area contributed by atoms with Crippen molar-refractivity contribution in [2.75, 3.05) is 14.2 Å². The molecule has 22 heavy (non-hydrogen) atoms. The molecule has 0 unspecified atom stereocenters. The van der Waals surface area contributed by atoms with Crippen molar-refractivity contribution < 1.29 is 13.9 Å². The molecule has 0 radical (unpaired) electrons. The molecule has 5 heteroatoms. The van der Waals surface area contributed by atoms with Crippen LogP contribution in [0, 0.1) is 0 Å². The Morgan fingerprint density at radius 1 is 1.00 bits per heavy atom. The normalized spacial score (nSPS) is 10.7. The highest BCUT2D eigenvalue weighted by atomic mass is 35.5. The van der Waals surface area contributed by atoms with Gasteiger partial charge in [0.25, 0.3) is 0 Å². The van der Waals surface area contributed by atoms with Gasteiger partial charge in [-0.25, -0.2) is 0 Å². The van der Waals surface area contributed by atoms with Crippen LogP contribution in [0.4, 0.5) is 0 Å². The fraction of sp³-hybridized carbons (Fsp3) is 0.118. The van der Waals surface area contributed by atoms with Gasteiger partial charge in [-0.1, -0.05) is 41.9 Å². The largest absolute Gasteiger partial charge is 0.496 e. The highest BCUT2D eigenvalue weighted by molar-refractivity contribution is 6.36. The number of ether oxygens (including phenoxy) is 2. The van der Waals surface area contributed by atoms with E-state index in [0.717, 1.165) is 5.56 Å². The third-order valence-electron chi connectivity index (χ3n) is 3.37. The van der Waals surface area contributed by atoms with Gasteiger partial charge < -0.3 is 13.9 Å². The fourth-order valence-electron chi connectivity index (χ4n) is 2.30. The second-order valence-electron chi connectivity index (χ2n) is 4.64. The fourth-order valence-corrected chi connectivity index (χ4v) is 2.57. The van der Waals surface area contributed by atoms with Crippen LogP contribution in [0.1, 0.15) is 0 Å². The molecule has 0 aliphatic rings. The van der Waals surface area contributed by atoms with Gasteiger partial charge in [0.2, 0.25) is 0 Å². The molecule has 0 saturated carbocycles. The van der Waals surface area contributed by atoms with Crippen LogP contribution in [0.15, 0.2) is 51.7 Å². The van der Waals surface area contributed by atoms with Crippen LogP contribution in [0.25, 0.3) is 22.3 Å². The summed E-state index contributed by atoms with van der Waals surface area (Å²) >= 11 is 6.29. The first-order valence-corrected chi connectivity index (χ1v) is 6.97. The van der Waals surface area contributed by atoms with Gasteiger partial charge in [-0.2, -0.15) is 0 Å². The van der Waals surface area contributed by atoms with Gasteiger partial charge in [0.15, 0.2) is 11.0 Å². The number of methoxy groups -OCH3 is 2. The van der Waals surface area contributed by atoms with E-state index in [-0.39, 0.29) is 16.0 Å². The van der Waals surface area contributed by atoms with Crippen molar-refractivity contribution in [2.45, 2.75) is 0 Å². The maximum absolute atomic E-state index is 12.5. The maximum Gasteiger partial charge on any atom is 0.197 e. The minimum Gasteiger partial charge on any atom is -0.496 e. The molecule has 0 atom stereocenters. The first-order valence-electron chi connectivity index (χ1n) is 6.59. The highest BCUT2D eigenvalue weighted by Crippen LogP contribution is 2.39. The molecular weight excluding hydrogens is 304 g/mol. The lowest BCUT2D eigenvalue weighted by molar-refractivity contribution is 0.396. The van der Waals surface area contributed by atoms with Crippen LogP contribution in [0.2, 0.25) is 5.02 Å². The van der Waals surface area contributed by atoms with Crippen molar-refractivity contribution in [3.8, 4) is 22.8 Å². The number of benzene rings is 2. The highest BCUT2D eigenvalue weighted by Gasteiger charge is 2.18. The van der Waals surface area contributed by atoms with Gasteiger partial charge in [-0.3, -0.25) is 4.79 Å². The van der Waals surface area contributed by atoms with Crippen LogP contribution in [-0.4, -0.2) is 14.2 Å². The van der Waals surface area contributed by atoms with Gasteiger partial charge in [0.1, 0.15) is 27.7 Å². The Bertz CT molecular complexity index is 885. The molecule has 3 rings (SSSR count). The van der Waals surface area contributed by atoms with Crippen molar-refractivity contribution >= 4 is 22.6 Å². The number of fused-ring (bicyclic) bond motifs is 1. The van der Waals surface area contributed by atoms with Crippen molar-refractivity contribution in [1.29, 1.82) is 0 Å². The molecule has 0 N–H and O–H groups in total. The Hall–Kier alpha value is -2.46. The molecule has 0 fully saturated rings. The molecule has 2 aromatic carbocycles. The Kier molecular flexibility index (Phi) is 3.77. The van der Waals surface area contributed by atoms with E-state index >= 15 is 0 Å². The predicted octanol–water partition coefficient (Wildman–Crippen LogP) is 4.13. The monoisotopic (exact) mass is 316 g/mol. The molecule has 3 aromatic rings. The second kappa shape index (κ2) is 5.73. The van der Waals surface area contributed by atoms with E-state index in [4.69, 9.17) is 25.5 Å². The minimum absolute atomic E-state index is 0.221. The summed E-state index contributed by atoms with van der Waals surface area (Å²) in [6, 6.07) is 12.3. The molecule has 0 aliphatic carbocycles. The molecule has 0 amide bonds. The topological polar surface area (TPSA) is 48.7 Å². The third-order valence-corrected chi connectivity index (χ3v) is 3.73. The average molecular weight is 317 g/mol. The molecule has 0 aliphatic heterocycles. The molecule has 0 bridgehead atoms. The summed E-state index contributed by atoms with van der Waals surface area (Å²) in [6.45, 7) is 0. The van der Waals surface area contributed by atoms with Gasteiger partial charge in [-0.15, -0.1) is 0 Å². The predicted molar refractivity (Wildman–Crippen MR) is 86.0 cm³/mol. The maximum atomic E-state index is 12.5. The average Bonchev–Trinajstić information content (AvgIpc) is 2.56. The molecule has 1 aromatic heterocycles. The summed E-state index contributed by atoms with van der Waals surface area (Å²) in [5, 5.41) is 0.543. The van der Waals surface area contributed by atoms with Crippen LogP contribution >= 0.6 is 11.6 Å². The number of halogens is 1. The van der Waals surface area contributed by atoms with E-state index in [9.17, 15) is 4.79 Å². The van der Waals surface area contributed by atoms with Crippen LogP contribution < -0.4 is 14.9 Å². The van der Waals surface area contributed by atoms with Crippen LogP contribution in [0.5, 0.6) is 11.5 Å². The minimum atomic E-state index is -0.221. The molecule has 1 heterocycles. The summed E-state index contributed by atoms with van der Waals surface area (Å²) in [6.07, 6.45) is 0. The smallest absolute Gasteiger partial charge is 0.197 e. The Labute approximate surface area is 131 Å². The van der Waals surface area contributed by atoms with Crippen molar-refractivity contribution in [3.05, 3.63) is 57.7 Å². The molecule has 0 spiro atoms. The molecular formula is C17H13ClO4. The quantitative estimate of drug-likeness (QED) is 0.729.